The molecular weight excluding hydrogens is 280 g/mol. The minimum Gasteiger partial charge on any atom is -0.456 e. The summed E-state index contributed by atoms with van der Waals surface area (Å²) in [5.74, 6) is -0.0548. The molecular formula is C17H20N2O3. The second kappa shape index (κ2) is 8.18. The number of nitrogens with zero attached hydrogens (tertiary/aromatic N) is 1. The highest BCUT2D eigenvalue weighted by atomic mass is 16.5. The van der Waals surface area contributed by atoms with Crippen molar-refractivity contribution in [1.82, 2.24) is 0 Å². The van der Waals surface area contributed by atoms with E-state index in [0.717, 1.165) is 6.42 Å². The molecule has 22 heavy (non-hydrogen) atoms. The largest absolute Gasteiger partial charge is 0.456 e. The van der Waals surface area contributed by atoms with Crippen LogP contribution in [0.3, 0.4) is 0 Å². The maximum atomic E-state index is 11.7. The topological polar surface area (TPSA) is 79.2 Å². The van der Waals surface area contributed by atoms with Crippen LogP contribution in [0.4, 0.5) is 5.69 Å². The Bertz CT molecular complexity index is 554. The van der Waals surface area contributed by atoms with E-state index in [-0.39, 0.29) is 18.5 Å². The lowest BCUT2D eigenvalue weighted by Crippen LogP contribution is -2.21. The van der Waals surface area contributed by atoms with Gasteiger partial charge in [0.05, 0.1) is 11.6 Å². The number of carbonyl (C=O) groups is 2. The molecule has 0 unspecified atom stereocenters. The van der Waals surface area contributed by atoms with Crippen molar-refractivity contribution in [3.8, 4) is 6.07 Å². The highest BCUT2D eigenvalue weighted by Gasteiger charge is 2.17. The van der Waals surface area contributed by atoms with E-state index in [4.69, 9.17) is 10.00 Å². The van der Waals surface area contributed by atoms with Crippen LogP contribution in [0.1, 0.15) is 44.1 Å². The van der Waals surface area contributed by atoms with Crippen molar-refractivity contribution in [2.45, 2.75) is 38.5 Å². The van der Waals surface area contributed by atoms with E-state index in [1.807, 2.05) is 6.07 Å². The van der Waals surface area contributed by atoms with Gasteiger partial charge in [0, 0.05) is 12.1 Å². The standard InChI is InChI=1S/C17H20N2O3/c18-11-14-5-8-15(9-6-14)19-16(20)12-22-17(21)10-7-13-3-1-2-4-13/h5-6,8-9,13H,1-4,7,10,12H2,(H,19,20). The number of benzene rings is 1. The average molecular weight is 300 g/mol. The van der Waals surface area contributed by atoms with Gasteiger partial charge in [0.2, 0.25) is 0 Å². The van der Waals surface area contributed by atoms with Gasteiger partial charge in [-0.3, -0.25) is 9.59 Å². The summed E-state index contributed by atoms with van der Waals surface area (Å²) < 4.78 is 4.98. The summed E-state index contributed by atoms with van der Waals surface area (Å²) in [6.07, 6.45) is 6.16. The highest BCUT2D eigenvalue weighted by Crippen LogP contribution is 2.28. The maximum absolute atomic E-state index is 11.7. The molecule has 1 N–H and O–H groups in total. The summed E-state index contributed by atoms with van der Waals surface area (Å²) in [5.41, 5.74) is 1.10. The number of anilines is 1. The molecule has 0 aliphatic heterocycles. The quantitative estimate of drug-likeness (QED) is 0.819. The van der Waals surface area contributed by atoms with Gasteiger partial charge in [0.15, 0.2) is 6.61 Å². The van der Waals surface area contributed by atoms with Gasteiger partial charge in [0.25, 0.3) is 5.91 Å². The lowest BCUT2D eigenvalue weighted by molar-refractivity contribution is -0.147. The van der Waals surface area contributed by atoms with Gasteiger partial charge >= 0.3 is 5.97 Å². The number of ether oxygens (including phenoxy) is 1. The van der Waals surface area contributed by atoms with Crippen LogP contribution in [0.25, 0.3) is 0 Å². The van der Waals surface area contributed by atoms with E-state index in [2.05, 4.69) is 5.32 Å². The molecule has 1 fully saturated rings. The molecule has 1 aromatic rings. The molecule has 0 bridgehead atoms. The van der Waals surface area contributed by atoms with Crippen molar-refractivity contribution in [1.29, 1.82) is 5.26 Å². The fourth-order valence-corrected chi connectivity index (χ4v) is 2.66. The van der Waals surface area contributed by atoms with Crippen molar-refractivity contribution in [3.05, 3.63) is 29.8 Å². The number of esters is 1. The van der Waals surface area contributed by atoms with Crippen molar-refractivity contribution in [3.63, 3.8) is 0 Å². The van der Waals surface area contributed by atoms with Crippen molar-refractivity contribution >= 4 is 17.6 Å². The molecule has 1 amide bonds. The fraction of sp³-hybridized carbons (Fsp3) is 0.471. The van der Waals surface area contributed by atoms with Crippen molar-refractivity contribution < 1.29 is 14.3 Å². The van der Waals surface area contributed by atoms with Crippen LogP contribution in [0.2, 0.25) is 0 Å². The second-order valence-corrected chi connectivity index (χ2v) is 5.59. The molecule has 0 radical (unpaired) electrons. The molecule has 1 aliphatic carbocycles. The van der Waals surface area contributed by atoms with Crippen LogP contribution < -0.4 is 5.32 Å². The van der Waals surface area contributed by atoms with Gasteiger partial charge in [-0.25, -0.2) is 0 Å². The number of hydrogen-bond donors (Lipinski definition) is 1. The van der Waals surface area contributed by atoms with E-state index >= 15 is 0 Å². The minimum atomic E-state index is -0.376. The molecule has 0 heterocycles. The van der Waals surface area contributed by atoms with E-state index in [1.54, 1.807) is 24.3 Å². The lowest BCUT2D eigenvalue weighted by Gasteiger charge is -2.09. The number of carbonyl (C=O) groups excluding carboxylic acids is 2. The predicted molar refractivity (Wildman–Crippen MR) is 81.9 cm³/mol. The second-order valence-electron chi connectivity index (χ2n) is 5.59. The first-order valence-corrected chi connectivity index (χ1v) is 7.63. The molecule has 2 rings (SSSR count). The molecule has 1 aliphatic rings. The van der Waals surface area contributed by atoms with Gasteiger partial charge in [0.1, 0.15) is 0 Å². The zero-order valence-corrected chi connectivity index (χ0v) is 12.5. The summed E-state index contributed by atoms with van der Waals surface area (Å²) in [7, 11) is 0. The monoisotopic (exact) mass is 300 g/mol. The van der Waals surface area contributed by atoms with Crippen LogP contribution in [0, 0.1) is 17.2 Å². The van der Waals surface area contributed by atoms with E-state index < -0.39 is 0 Å². The zero-order valence-electron chi connectivity index (χ0n) is 12.5. The van der Waals surface area contributed by atoms with Gasteiger partial charge in [-0.15, -0.1) is 0 Å². The summed E-state index contributed by atoms with van der Waals surface area (Å²) in [6.45, 7) is -0.274. The van der Waals surface area contributed by atoms with Crippen LogP contribution in [-0.4, -0.2) is 18.5 Å². The molecule has 0 atom stereocenters. The highest BCUT2D eigenvalue weighted by molar-refractivity contribution is 5.92. The zero-order chi connectivity index (χ0) is 15.8. The number of nitriles is 1. The Balaban J connectivity index is 1.65. The van der Waals surface area contributed by atoms with Crippen LogP contribution >= 0.6 is 0 Å². The SMILES string of the molecule is N#Cc1ccc(NC(=O)COC(=O)CCC2CCCC2)cc1. The number of amides is 1. The number of rotatable bonds is 6. The van der Waals surface area contributed by atoms with Gasteiger partial charge in [-0.1, -0.05) is 25.7 Å². The Hall–Kier alpha value is -2.35. The summed E-state index contributed by atoms with van der Waals surface area (Å²) in [4.78, 5) is 23.3. The molecule has 5 heteroatoms. The lowest BCUT2D eigenvalue weighted by atomic mass is 10.0. The van der Waals surface area contributed by atoms with Gasteiger partial charge < -0.3 is 10.1 Å². The Morgan fingerprint density at radius 1 is 1.23 bits per heavy atom. The summed E-state index contributed by atoms with van der Waals surface area (Å²) in [6, 6.07) is 8.51. The van der Waals surface area contributed by atoms with Crippen molar-refractivity contribution in [2.24, 2.45) is 5.92 Å². The molecule has 1 saturated carbocycles. The maximum Gasteiger partial charge on any atom is 0.306 e. The first-order valence-electron chi connectivity index (χ1n) is 7.63. The summed E-state index contributed by atoms with van der Waals surface area (Å²) >= 11 is 0. The van der Waals surface area contributed by atoms with Gasteiger partial charge in [-0.2, -0.15) is 5.26 Å². The fourth-order valence-electron chi connectivity index (χ4n) is 2.66. The number of hydrogen-bond acceptors (Lipinski definition) is 4. The third kappa shape index (κ3) is 5.21. The van der Waals surface area contributed by atoms with Crippen molar-refractivity contribution in [2.75, 3.05) is 11.9 Å². The third-order valence-electron chi connectivity index (χ3n) is 3.89. The Kier molecular flexibility index (Phi) is 5.96. The van der Waals surface area contributed by atoms with Crippen LogP contribution in [-0.2, 0) is 14.3 Å². The Morgan fingerprint density at radius 2 is 1.91 bits per heavy atom. The third-order valence-corrected chi connectivity index (χ3v) is 3.89. The van der Waals surface area contributed by atoms with E-state index in [1.165, 1.54) is 25.7 Å². The molecule has 0 spiro atoms. The first-order chi connectivity index (χ1) is 10.7. The average Bonchev–Trinajstić information content (AvgIpc) is 3.05. The van der Waals surface area contributed by atoms with E-state index in [9.17, 15) is 9.59 Å². The minimum absolute atomic E-state index is 0.274. The molecule has 116 valence electrons. The number of nitrogens with one attached hydrogen (secondary N) is 1. The summed E-state index contributed by atoms with van der Waals surface area (Å²) in [5, 5.41) is 11.3. The molecule has 0 saturated heterocycles. The molecule has 5 nitrogen and oxygen atoms in total. The van der Waals surface area contributed by atoms with Crippen LogP contribution in [0.5, 0.6) is 0 Å². The predicted octanol–water partition coefficient (Wildman–Crippen LogP) is 3.01. The smallest absolute Gasteiger partial charge is 0.306 e. The molecule has 0 aromatic heterocycles. The van der Waals surface area contributed by atoms with Gasteiger partial charge in [-0.05, 0) is 36.6 Å². The normalized spacial score (nSPS) is 14.3. The Labute approximate surface area is 130 Å². The first kappa shape index (κ1) is 16.0. The van der Waals surface area contributed by atoms with Crippen LogP contribution in [0.15, 0.2) is 24.3 Å². The molecule has 1 aromatic carbocycles. The van der Waals surface area contributed by atoms with E-state index in [0.29, 0.717) is 23.6 Å². The Morgan fingerprint density at radius 3 is 2.55 bits per heavy atom.